The van der Waals surface area contributed by atoms with Gasteiger partial charge in [-0.05, 0) is 37.3 Å². The maximum Gasteiger partial charge on any atom is 0.223 e. The van der Waals surface area contributed by atoms with Crippen LogP contribution in [0.2, 0.25) is 0 Å². The van der Waals surface area contributed by atoms with Crippen molar-refractivity contribution in [3.05, 3.63) is 35.4 Å². The zero-order valence-corrected chi connectivity index (χ0v) is 20.5. The zero-order valence-electron chi connectivity index (χ0n) is 18.1. The number of fused-ring (bicyclic) bond motifs is 1. The molecule has 0 bridgehead atoms. The third-order valence-corrected chi connectivity index (χ3v) is 5.97. The van der Waals surface area contributed by atoms with Gasteiger partial charge in [-0.25, -0.2) is 0 Å². The van der Waals surface area contributed by atoms with E-state index >= 15 is 0 Å². The molecule has 1 amide bonds. The van der Waals surface area contributed by atoms with Gasteiger partial charge in [0.05, 0.1) is 0 Å². The van der Waals surface area contributed by atoms with E-state index in [0.29, 0.717) is 24.4 Å². The van der Waals surface area contributed by atoms with E-state index in [1.807, 2.05) is 24.1 Å². The largest absolute Gasteiger partial charge is 0.356 e. The van der Waals surface area contributed by atoms with Crippen molar-refractivity contribution in [3.8, 4) is 0 Å². The smallest absolute Gasteiger partial charge is 0.223 e. The first-order valence-corrected chi connectivity index (χ1v) is 10.5. The number of aliphatic imine (C=N–C) groups is 1. The molecule has 0 radical (unpaired) electrons. The average Bonchev–Trinajstić information content (AvgIpc) is 3.27. The predicted molar refractivity (Wildman–Crippen MR) is 130 cm³/mol. The fourth-order valence-electron chi connectivity index (χ4n) is 4.10. The summed E-state index contributed by atoms with van der Waals surface area (Å²) in [5.74, 6) is 1.67. The number of nitrogens with zero attached hydrogens (tertiary/aromatic N) is 3. The van der Waals surface area contributed by atoms with Crippen LogP contribution in [-0.2, 0) is 17.9 Å². The summed E-state index contributed by atoms with van der Waals surface area (Å²) in [6.45, 7) is 11.2. The summed E-state index contributed by atoms with van der Waals surface area (Å²) in [5.41, 5.74) is 2.56. The third kappa shape index (κ3) is 6.31. The number of halogens is 1. The molecule has 162 valence electrons. The van der Waals surface area contributed by atoms with E-state index in [1.165, 1.54) is 11.1 Å². The van der Waals surface area contributed by atoms with E-state index in [-0.39, 0.29) is 29.9 Å². The number of guanidine groups is 1. The van der Waals surface area contributed by atoms with Gasteiger partial charge in [0, 0.05) is 58.3 Å². The SMILES string of the molecule is CN=C(NCCCC(=O)N1Cc2ccccc2C1)NC1CN(C(C)C)CC1C.I. The molecule has 2 N–H and O–H groups in total. The van der Waals surface area contributed by atoms with E-state index in [2.05, 4.69) is 53.4 Å². The van der Waals surface area contributed by atoms with Crippen molar-refractivity contribution in [2.45, 2.75) is 58.8 Å². The van der Waals surface area contributed by atoms with Crippen LogP contribution in [0.15, 0.2) is 29.3 Å². The standard InChI is InChI=1S/C22H35N5O.HI/c1-16(2)26-12-17(3)20(15-26)25-22(23-4)24-11-7-10-21(28)27-13-18-8-5-6-9-19(18)14-27;/h5-6,8-9,16-17,20H,7,10-15H2,1-4H3,(H2,23,24,25);1H. The highest BCUT2D eigenvalue weighted by atomic mass is 127. The molecule has 2 aliphatic rings. The quantitative estimate of drug-likeness (QED) is 0.266. The highest BCUT2D eigenvalue weighted by Crippen LogP contribution is 2.23. The number of nitrogens with one attached hydrogen (secondary N) is 2. The van der Waals surface area contributed by atoms with Gasteiger partial charge in [0.25, 0.3) is 0 Å². The minimum atomic E-state index is 0. The molecule has 2 heterocycles. The summed E-state index contributed by atoms with van der Waals surface area (Å²) < 4.78 is 0. The van der Waals surface area contributed by atoms with E-state index < -0.39 is 0 Å². The van der Waals surface area contributed by atoms with E-state index in [4.69, 9.17) is 0 Å². The summed E-state index contributed by atoms with van der Waals surface area (Å²) >= 11 is 0. The number of carbonyl (C=O) groups excluding carboxylic acids is 1. The molecule has 0 saturated carbocycles. The van der Waals surface area contributed by atoms with Crippen LogP contribution in [0.25, 0.3) is 0 Å². The first-order valence-electron chi connectivity index (χ1n) is 10.5. The molecule has 2 aliphatic heterocycles. The van der Waals surface area contributed by atoms with Gasteiger partial charge < -0.3 is 15.5 Å². The van der Waals surface area contributed by atoms with Gasteiger partial charge in [-0.15, -0.1) is 24.0 Å². The normalized spacial score (nSPS) is 21.8. The molecule has 2 atom stereocenters. The molecule has 1 aromatic carbocycles. The van der Waals surface area contributed by atoms with Crippen molar-refractivity contribution in [2.75, 3.05) is 26.7 Å². The minimum absolute atomic E-state index is 0. The van der Waals surface area contributed by atoms with Crippen molar-refractivity contribution in [1.29, 1.82) is 0 Å². The second-order valence-electron chi connectivity index (χ2n) is 8.40. The van der Waals surface area contributed by atoms with Crippen LogP contribution in [0, 0.1) is 5.92 Å². The van der Waals surface area contributed by atoms with Crippen LogP contribution >= 0.6 is 24.0 Å². The summed E-state index contributed by atoms with van der Waals surface area (Å²) in [6, 6.07) is 9.31. The molecule has 0 spiro atoms. The summed E-state index contributed by atoms with van der Waals surface area (Å²) in [5, 5.41) is 6.93. The van der Waals surface area contributed by atoms with Gasteiger partial charge in [-0.1, -0.05) is 31.2 Å². The van der Waals surface area contributed by atoms with Crippen LogP contribution < -0.4 is 10.6 Å². The number of rotatable bonds is 6. The number of carbonyl (C=O) groups is 1. The Morgan fingerprint density at radius 3 is 2.41 bits per heavy atom. The molecular formula is C22H36IN5O. The van der Waals surface area contributed by atoms with Gasteiger partial charge in [-0.3, -0.25) is 14.7 Å². The molecule has 7 heteroatoms. The number of hydrogen-bond donors (Lipinski definition) is 2. The predicted octanol–water partition coefficient (Wildman–Crippen LogP) is 2.82. The Labute approximate surface area is 192 Å². The monoisotopic (exact) mass is 513 g/mol. The molecule has 0 aliphatic carbocycles. The second kappa shape index (κ2) is 11.2. The first kappa shape index (κ1) is 23.9. The minimum Gasteiger partial charge on any atom is -0.356 e. The zero-order chi connectivity index (χ0) is 20.1. The Hall–Kier alpha value is -1.35. The van der Waals surface area contributed by atoms with E-state index in [1.54, 1.807) is 0 Å². The fourth-order valence-corrected chi connectivity index (χ4v) is 4.10. The van der Waals surface area contributed by atoms with Gasteiger partial charge >= 0.3 is 0 Å². The van der Waals surface area contributed by atoms with Crippen molar-refractivity contribution in [2.24, 2.45) is 10.9 Å². The van der Waals surface area contributed by atoms with E-state index in [0.717, 1.165) is 45.1 Å². The molecule has 3 rings (SSSR count). The van der Waals surface area contributed by atoms with Crippen molar-refractivity contribution < 1.29 is 4.79 Å². The summed E-state index contributed by atoms with van der Waals surface area (Å²) in [7, 11) is 1.81. The number of likely N-dealkylation sites (tertiary alicyclic amines) is 1. The van der Waals surface area contributed by atoms with Crippen LogP contribution in [0.3, 0.4) is 0 Å². The maximum atomic E-state index is 12.5. The lowest BCUT2D eigenvalue weighted by Gasteiger charge is -2.22. The lowest BCUT2D eigenvalue weighted by molar-refractivity contribution is -0.131. The first-order chi connectivity index (χ1) is 13.5. The molecule has 29 heavy (non-hydrogen) atoms. The molecule has 1 saturated heterocycles. The van der Waals surface area contributed by atoms with Crippen LogP contribution in [0.5, 0.6) is 0 Å². The Balaban J connectivity index is 0.00000300. The van der Waals surface area contributed by atoms with E-state index in [9.17, 15) is 4.79 Å². The second-order valence-corrected chi connectivity index (χ2v) is 8.40. The number of benzene rings is 1. The van der Waals surface area contributed by atoms with Crippen LogP contribution in [0.4, 0.5) is 0 Å². The third-order valence-electron chi connectivity index (χ3n) is 5.97. The Morgan fingerprint density at radius 2 is 1.86 bits per heavy atom. The van der Waals surface area contributed by atoms with Gasteiger partial charge in [0.15, 0.2) is 5.96 Å². The van der Waals surface area contributed by atoms with Crippen molar-refractivity contribution in [3.63, 3.8) is 0 Å². The van der Waals surface area contributed by atoms with Crippen LogP contribution in [-0.4, -0.2) is 60.4 Å². The Kier molecular flexibility index (Phi) is 9.20. The Bertz CT molecular complexity index is 683. The molecule has 6 nitrogen and oxygen atoms in total. The lowest BCUT2D eigenvalue weighted by Crippen LogP contribution is -2.47. The van der Waals surface area contributed by atoms with Gasteiger partial charge in [0.1, 0.15) is 0 Å². The molecule has 1 aromatic rings. The highest BCUT2D eigenvalue weighted by molar-refractivity contribution is 14.0. The molecule has 2 unspecified atom stereocenters. The molecule has 1 fully saturated rings. The average molecular weight is 513 g/mol. The van der Waals surface area contributed by atoms with Crippen molar-refractivity contribution >= 4 is 35.8 Å². The van der Waals surface area contributed by atoms with Gasteiger partial charge in [0.2, 0.25) is 5.91 Å². The lowest BCUT2D eigenvalue weighted by atomic mass is 10.1. The summed E-state index contributed by atoms with van der Waals surface area (Å²) in [6.07, 6.45) is 1.38. The maximum absolute atomic E-state index is 12.5. The number of hydrogen-bond acceptors (Lipinski definition) is 3. The van der Waals surface area contributed by atoms with Crippen molar-refractivity contribution in [1.82, 2.24) is 20.4 Å². The highest BCUT2D eigenvalue weighted by Gasteiger charge is 2.31. The molecule has 0 aromatic heterocycles. The number of amides is 1. The summed E-state index contributed by atoms with van der Waals surface area (Å²) in [4.78, 5) is 21.3. The Morgan fingerprint density at radius 1 is 1.21 bits per heavy atom. The van der Waals surface area contributed by atoms with Crippen LogP contribution in [0.1, 0.15) is 44.7 Å². The topological polar surface area (TPSA) is 60.0 Å². The molecular weight excluding hydrogens is 477 g/mol. The fraction of sp³-hybridized carbons (Fsp3) is 0.636. The van der Waals surface area contributed by atoms with Gasteiger partial charge in [-0.2, -0.15) is 0 Å².